The summed E-state index contributed by atoms with van der Waals surface area (Å²) in [6.07, 6.45) is 1.65. The van der Waals surface area contributed by atoms with Gasteiger partial charge in [-0.3, -0.25) is 9.59 Å². The summed E-state index contributed by atoms with van der Waals surface area (Å²) in [5.74, 6) is -0.773. The van der Waals surface area contributed by atoms with E-state index in [1.54, 1.807) is 0 Å². The maximum absolute atomic E-state index is 11.1. The first-order valence-corrected chi connectivity index (χ1v) is 4.53. The first-order valence-electron chi connectivity index (χ1n) is 3.74. The van der Waals surface area contributed by atoms with Crippen molar-refractivity contribution < 1.29 is 14.7 Å². The Morgan fingerprint density at radius 3 is 2.58 bits per heavy atom. The maximum atomic E-state index is 11.1. The number of carboxylic acid groups (broad SMARTS) is 1. The summed E-state index contributed by atoms with van der Waals surface area (Å²) >= 11 is 3.26. The maximum Gasteiger partial charge on any atom is 0.303 e. The van der Waals surface area contributed by atoms with Gasteiger partial charge in [0.05, 0.1) is 0 Å². The van der Waals surface area contributed by atoms with Crippen molar-refractivity contribution in [3.8, 4) is 0 Å². The fourth-order valence-corrected chi connectivity index (χ4v) is 1.80. The van der Waals surface area contributed by atoms with Gasteiger partial charge in [-0.2, -0.15) is 0 Å². The third-order valence-electron chi connectivity index (χ3n) is 1.82. The van der Waals surface area contributed by atoms with Crippen molar-refractivity contribution in [2.24, 2.45) is 0 Å². The Hall–Kier alpha value is -0.640. The molecule has 0 amide bonds. The van der Waals surface area contributed by atoms with Gasteiger partial charge in [-0.25, -0.2) is 0 Å². The molecule has 0 fully saturated rings. The van der Waals surface area contributed by atoms with Crippen LogP contribution in [-0.4, -0.2) is 16.9 Å². The minimum atomic E-state index is -0.859. The lowest BCUT2D eigenvalue weighted by molar-refractivity contribution is -0.136. The van der Waals surface area contributed by atoms with Gasteiger partial charge in [-0.15, -0.1) is 0 Å². The van der Waals surface area contributed by atoms with Gasteiger partial charge in [0.25, 0.3) is 0 Å². The molecule has 0 atom stereocenters. The molecule has 12 heavy (non-hydrogen) atoms. The van der Waals surface area contributed by atoms with Gasteiger partial charge >= 0.3 is 5.97 Å². The first kappa shape index (κ1) is 9.45. The van der Waals surface area contributed by atoms with Crippen LogP contribution < -0.4 is 0 Å². The topological polar surface area (TPSA) is 54.4 Å². The van der Waals surface area contributed by atoms with E-state index in [2.05, 4.69) is 15.9 Å². The Bertz CT molecular complexity index is 255. The molecule has 0 heterocycles. The fraction of sp³-hybridized carbons (Fsp3) is 0.500. The molecule has 0 aliphatic heterocycles. The summed E-state index contributed by atoms with van der Waals surface area (Å²) in [7, 11) is 0. The molecular formula is C8H9BrO3. The lowest BCUT2D eigenvalue weighted by Crippen LogP contribution is -2.00. The highest BCUT2D eigenvalue weighted by molar-refractivity contribution is 9.11. The molecule has 1 aliphatic rings. The van der Waals surface area contributed by atoms with Crippen LogP contribution in [0.1, 0.15) is 25.7 Å². The molecule has 0 saturated heterocycles. The van der Waals surface area contributed by atoms with Gasteiger partial charge in [0.15, 0.2) is 5.78 Å². The van der Waals surface area contributed by atoms with Crippen molar-refractivity contribution in [3.05, 3.63) is 10.1 Å². The second kappa shape index (κ2) is 3.85. The minimum Gasteiger partial charge on any atom is -0.481 e. The quantitative estimate of drug-likeness (QED) is 0.809. The third kappa shape index (κ3) is 2.17. The summed E-state index contributed by atoms with van der Waals surface area (Å²) < 4.78 is 0.883. The highest BCUT2D eigenvalue weighted by atomic mass is 79.9. The van der Waals surface area contributed by atoms with E-state index in [0.29, 0.717) is 18.4 Å². The predicted octanol–water partition coefficient (Wildman–Crippen LogP) is 1.86. The van der Waals surface area contributed by atoms with E-state index < -0.39 is 5.97 Å². The van der Waals surface area contributed by atoms with Crippen LogP contribution in [0.5, 0.6) is 0 Å². The molecule has 66 valence electrons. The fourth-order valence-electron chi connectivity index (χ4n) is 1.18. The highest BCUT2D eigenvalue weighted by Gasteiger charge is 2.21. The van der Waals surface area contributed by atoms with Crippen LogP contribution in [-0.2, 0) is 9.59 Å². The zero-order valence-electron chi connectivity index (χ0n) is 6.47. The first-order chi connectivity index (χ1) is 5.61. The summed E-state index contributed by atoms with van der Waals surface area (Å²) in [6, 6.07) is 0. The molecule has 0 aromatic carbocycles. The van der Waals surface area contributed by atoms with Gasteiger partial charge in [0.1, 0.15) is 0 Å². The number of hydrogen-bond acceptors (Lipinski definition) is 2. The molecule has 4 heteroatoms. The monoisotopic (exact) mass is 232 g/mol. The van der Waals surface area contributed by atoms with E-state index in [1.807, 2.05) is 0 Å². The zero-order valence-corrected chi connectivity index (χ0v) is 8.06. The van der Waals surface area contributed by atoms with Gasteiger partial charge in [0, 0.05) is 22.9 Å². The van der Waals surface area contributed by atoms with E-state index in [9.17, 15) is 9.59 Å². The van der Waals surface area contributed by atoms with Crippen LogP contribution in [0.3, 0.4) is 0 Å². The van der Waals surface area contributed by atoms with Crippen molar-refractivity contribution in [2.75, 3.05) is 0 Å². The average molecular weight is 233 g/mol. The van der Waals surface area contributed by atoms with E-state index in [-0.39, 0.29) is 12.2 Å². The number of carbonyl (C=O) groups is 2. The number of halogens is 1. The molecule has 1 N–H and O–H groups in total. The Balaban J connectivity index is 2.56. The van der Waals surface area contributed by atoms with Crippen molar-refractivity contribution in [1.82, 2.24) is 0 Å². The summed E-state index contributed by atoms with van der Waals surface area (Å²) in [5, 5.41) is 8.40. The summed E-state index contributed by atoms with van der Waals surface area (Å²) in [6.45, 7) is 0. The van der Waals surface area contributed by atoms with Gasteiger partial charge in [0.2, 0.25) is 0 Å². The number of Topliss-reactive ketones (excluding diaryl/α,β-unsaturated/α-hetero) is 1. The van der Waals surface area contributed by atoms with Crippen LogP contribution in [0.2, 0.25) is 0 Å². The Morgan fingerprint density at radius 2 is 2.17 bits per heavy atom. The van der Waals surface area contributed by atoms with Crippen LogP contribution >= 0.6 is 15.9 Å². The van der Waals surface area contributed by atoms with Gasteiger partial charge in [-0.05, 0) is 12.8 Å². The molecule has 0 aromatic rings. The van der Waals surface area contributed by atoms with Crippen LogP contribution in [0.15, 0.2) is 10.1 Å². The molecule has 0 unspecified atom stereocenters. The second-order valence-corrected chi connectivity index (χ2v) is 3.66. The minimum absolute atomic E-state index is 0.0379. The molecule has 0 spiro atoms. The van der Waals surface area contributed by atoms with Crippen molar-refractivity contribution in [2.45, 2.75) is 25.7 Å². The van der Waals surface area contributed by atoms with E-state index in [1.165, 1.54) is 0 Å². The van der Waals surface area contributed by atoms with Crippen molar-refractivity contribution in [1.29, 1.82) is 0 Å². The zero-order chi connectivity index (χ0) is 9.14. The summed E-state index contributed by atoms with van der Waals surface area (Å²) in [5.41, 5.74) is 0.664. The van der Waals surface area contributed by atoms with Gasteiger partial charge < -0.3 is 5.11 Å². The standard InChI is InChI=1S/C8H9BrO3/c9-6-2-3-7(10)5(6)1-4-8(11)12/h1-4H2,(H,11,12). The number of aliphatic carboxylic acids is 1. The van der Waals surface area contributed by atoms with Gasteiger partial charge in [-0.1, -0.05) is 15.9 Å². The molecule has 0 radical (unpaired) electrons. The largest absolute Gasteiger partial charge is 0.481 e. The molecule has 0 aromatic heterocycles. The number of rotatable bonds is 3. The van der Waals surface area contributed by atoms with Crippen molar-refractivity contribution >= 4 is 27.7 Å². The lowest BCUT2D eigenvalue weighted by Gasteiger charge is -1.97. The molecular weight excluding hydrogens is 224 g/mol. The number of carboxylic acids is 1. The average Bonchev–Trinajstić information content (AvgIpc) is 2.28. The Kier molecular flexibility index (Phi) is 3.03. The van der Waals surface area contributed by atoms with Crippen LogP contribution in [0.4, 0.5) is 0 Å². The molecule has 0 bridgehead atoms. The molecule has 0 saturated carbocycles. The van der Waals surface area contributed by atoms with Crippen molar-refractivity contribution in [3.63, 3.8) is 0 Å². The summed E-state index contributed by atoms with van der Waals surface area (Å²) in [4.78, 5) is 21.3. The molecule has 1 aliphatic carbocycles. The number of allylic oxidation sites excluding steroid dienone is 2. The molecule has 1 rings (SSSR count). The van der Waals surface area contributed by atoms with Crippen LogP contribution in [0.25, 0.3) is 0 Å². The van der Waals surface area contributed by atoms with Crippen LogP contribution in [0, 0.1) is 0 Å². The number of ketones is 1. The van der Waals surface area contributed by atoms with E-state index in [0.717, 1.165) is 10.9 Å². The Morgan fingerprint density at radius 1 is 1.50 bits per heavy atom. The Labute approximate surface area is 78.6 Å². The van der Waals surface area contributed by atoms with E-state index >= 15 is 0 Å². The highest BCUT2D eigenvalue weighted by Crippen LogP contribution is 2.30. The SMILES string of the molecule is O=C(O)CCC1=C(Br)CCC1=O. The normalized spacial score (nSPS) is 17.2. The second-order valence-electron chi connectivity index (χ2n) is 2.70. The molecule has 3 nitrogen and oxygen atoms in total. The van der Waals surface area contributed by atoms with E-state index in [4.69, 9.17) is 5.11 Å². The predicted molar refractivity (Wildman–Crippen MR) is 47.1 cm³/mol. The number of hydrogen-bond donors (Lipinski definition) is 1. The smallest absolute Gasteiger partial charge is 0.303 e. The third-order valence-corrected chi connectivity index (χ3v) is 2.70. The lowest BCUT2D eigenvalue weighted by atomic mass is 10.1. The number of carbonyl (C=O) groups excluding carboxylic acids is 1.